The fourth-order valence-corrected chi connectivity index (χ4v) is 4.64. The molecule has 38 heavy (non-hydrogen) atoms. The number of nitrogens with one attached hydrogen (secondary N) is 1. The Labute approximate surface area is 226 Å². The maximum Gasteiger partial charge on any atom is 0.243 e. The Hall–Kier alpha value is -3.80. The summed E-state index contributed by atoms with van der Waals surface area (Å²) in [6, 6.07) is 23.2. The minimum absolute atomic E-state index is 0.0226. The summed E-state index contributed by atoms with van der Waals surface area (Å²) in [6.45, 7) is 7.50. The lowest BCUT2D eigenvalue weighted by Crippen LogP contribution is -2.52. The van der Waals surface area contributed by atoms with E-state index in [-0.39, 0.29) is 24.3 Å². The van der Waals surface area contributed by atoms with Crippen molar-refractivity contribution in [2.75, 3.05) is 13.2 Å². The highest BCUT2D eigenvalue weighted by atomic mass is 16.6. The minimum Gasteiger partial charge on any atom is -0.486 e. The van der Waals surface area contributed by atoms with Crippen LogP contribution < -0.4 is 14.8 Å². The molecule has 0 spiro atoms. The lowest BCUT2D eigenvalue weighted by atomic mass is 10.0. The van der Waals surface area contributed by atoms with Crippen molar-refractivity contribution in [1.82, 2.24) is 10.2 Å². The van der Waals surface area contributed by atoms with E-state index in [2.05, 4.69) is 11.4 Å². The SMILES string of the molecule is CC[C@@H](C)NC(=O)[C@H](Cc1ccccc1)N(Cc1cccc(C)c1)C(=O)CCc1ccc2c(c1)OCCO2. The van der Waals surface area contributed by atoms with Gasteiger partial charge in [0.1, 0.15) is 19.3 Å². The van der Waals surface area contributed by atoms with Crippen LogP contribution >= 0.6 is 0 Å². The second kappa shape index (κ2) is 13.1. The van der Waals surface area contributed by atoms with Crippen LogP contribution in [0.2, 0.25) is 0 Å². The van der Waals surface area contributed by atoms with Gasteiger partial charge in [-0.3, -0.25) is 9.59 Å². The molecule has 0 bridgehead atoms. The number of amides is 2. The number of carbonyl (C=O) groups excluding carboxylic acids is 2. The summed E-state index contributed by atoms with van der Waals surface area (Å²) in [7, 11) is 0. The Kier molecular flexibility index (Phi) is 9.41. The molecular formula is C32H38N2O4. The number of hydrogen-bond donors (Lipinski definition) is 1. The first-order valence-electron chi connectivity index (χ1n) is 13.5. The molecule has 2 amide bonds. The van der Waals surface area contributed by atoms with Crippen LogP contribution in [0.3, 0.4) is 0 Å². The number of hydrogen-bond acceptors (Lipinski definition) is 4. The number of fused-ring (bicyclic) bond motifs is 1. The molecule has 6 heteroatoms. The van der Waals surface area contributed by atoms with Crippen molar-refractivity contribution in [3.63, 3.8) is 0 Å². The van der Waals surface area contributed by atoms with Crippen LogP contribution in [0.1, 0.15) is 48.9 Å². The third-order valence-corrected chi connectivity index (χ3v) is 6.94. The molecule has 3 aromatic rings. The molecule has 1 aliphatic heterocycles. The standard InChI is InChI=1S/C32H38N2O4/c1-4-24(3)33-32(36)28(20-25-10-6-5-7-11-25)34(22-27-12-8-9-23(2)19-27)31(35)16-14-26-13-15-29-30(21-26)38-18-17-37-29/h5-13,15,19,21,24,28H,4,14,16-18,20,22H2,1-3H3,(H,33,36)/t24-,28+/m1/s1. The van der Waals surface area contributed by atoms with Crippen LogP contribution in [-0.4, -0.2) is 42.0 Å². The van der Waals surface area contributed by atoms with E-state index in [4.69, 9.17) is 9.47 Å². The number of ether oxygens (including phenoxy) is 2. The van der Waals surface area contributed by atoms with Gasteiger partial charge in [0.15, 0.2) is 11.5 Å². The molecular weight excluding hydrogens is 476 g/mol. The van der Waals surface area contributed by atoms with Crippen LogP contribution in [0.15, 0.2) is 72.8 Å². The Morgan fingerprint density at radius 2 is 1.63 bits per heavy atom. The van der Waals surface area contributed by atoms with Gasteiger partial charge >= 0.3 is 0 Å². The third kappa shape index (κ3) is 7.37. The summed E-state index contributed by atoms with van der Waals surface area (Å²) in [5.41, 5.74) is 4.15. The number of aryl methyl sites for hydroxylation is 2. The fourth-order valence-electron chi connectivity index (χ4n) is 4.64. The van der Waals surface area contributed by atoms with Gasteiger partial charge in [-0.2, -0.15) is 0 Å². The van der Waals surface area contributed by atoms with E-state index < -0.39 is 6.04 Å². The van der Waals surface area contributed by atoms with Gasteiger partial charge in [0.2, 0.25) is 11.8 Å². The quantitative estimate of drug-likeness (QED) is 0.379. The van der Waals surface area contributed by atoms with Crippen molar-refractivity contribution >= 4 is 11.8 Å². The molecule has 1 heterocycles. The van der Waals surface area contributed by atoms with Gasteiger partial charge in [-0.15, -0.1) is 0 Å². The normalized spacial score (nSPS) is 13.9. The second-order valence-electron chi connectivity index (χ2n) is 10.0. The van der Waals surface area contributed by atoms with Crippen LogP contribution in [0.25, 0.3) is 0 Å². The second-order valence-corrected chi connectivity index (χ2v) is 10.0. The summed E-state index contributed by atoms with van der Waals surface area (Å²) in [4.78, 5) is 29.3. The third-order valence-electron chi connectivity index (χ3n) is 6.94. The average molecular weight is 515 g/mol. The van der Waals surface area contributed by atoms with Crippen molar-refractivity contribution in [3.8, 4) is 11.5 Å². The summed E-state index contributed by atoms with van der Waals surface area (Å²) in [6.07, 6.45) is 2.10. The molecule has 0 saturated carbocycles. The molecule has 200 valence electrons. The molecule has 6 nitrogen and oxygen atoms in total. The van der Waals surface area contributed by atoms with Crippen molar-refractivity contribution in [3.05, 3.63) is 95.1 Å². The lowest BCUT2D eigenvalue weighted by molar-refractivity contribution is -0.141. The van der Waals surface area contributed by atoms with Crippen molar-refractivity contribution in [2.45, 2.75) is 65.1 Å². The van der Waals surface area contributed by atoms with Crippen LogP contribution in [0.4, 0.5) is 0 Å². The first-order chi connectivity index (χ1) is 18.4. The largest absolute Gasteiger partial charge is 0.486 e. The molecule has 4 rings (SSSR count). The first-order valence-corrected chi connectivity index (χ1v) is 13.5. The summed E-state index contributed by atoms with van der Waals surface area (Å²) < 4.78 is 11.3. The molecule has 0 fully saturated rings. The van der Waals surface area contributed by atoms with Gasteiger partial charge in [-0.25, -0.2) is 0 Å². The zero-order chi connectivity index (χ0) is 26.9. The summed E-state index contributed by atoms with van der Waals surface area (Å²) >= 11 is 0. The molecule has 0 radical (unpaired) electrons. The van der Waals surface area contributed by atoms with Gasteiger partial charge in [0.05, 0.1) is 0 Å². The molecule has 0 unspecified atom stereocenters. The monoisotopic (exact) mass is 514 g/mol. The van der Waals surface area contributed by atoms with Crippen molar-refractivity contribution in [2.24, 2.45) is 0 Å². The Morgan fingerprint density at radius 1 is 0.895 bits per heavy atom. The lowest BCUT2D eigenvalue weighted by Gasteiger charge is -2.32. The number of rotatable bonds is 11. The summed E-state index contributed by atoms with van der Waals surface area (Å²) in [5.74, 6) is 1.27. The number of nitrogens with zero attached hydrogens (tertiary/aromatic N) is 1. The zero-order valence-corrected chi connectivity index (χ0v) is 22.6. The highest BCUT2D eigenvalue weighted by Crippen LogP contribution is 2.31. The topological polar surface area (TPSA) is 67.9 Å². The first kappa shape index (κ1) is 27.2. The Balaban J connectivity index is 1.60. The van der Waals surface area contributed by atoms with E-state index >= 15 is 0 Å². The van der Waals surface area contributed by atoms with Crippen molar-refractivity contribution < 1.29 is 19.1 Å². The van der Waals surface area contributed by atoms with Gasteiger partial charge in [0.25, 0.3) is 0 Å². The van der Waals surface area contributed by atoms with E-state index in [0.717, 1.165) is 34.4 Å². The Bertz CT molecular complexity index is 1230. The molecule has 1 aliphatic rings. The maximum atomic E-state index is 13.9. The van der Waals surface area contributed by atoms with Gasteiger partial charge in [-0.05, 0) is 55.5 Å². The van der Waals surface area contributed by atoms with E-state index in [1.54, 1.807) is 4.90 Å². The molecule has 0 aromatic heterocycles. The predicted molar refractivity (Wildman–Crippen MR) is 149 cm³/mol. The van der Waals surface area contributed by atoms with Crippen LogP contribution in [-0.2, 0) is 29.0 Å². The van der Waals surface area contributed by atoms with E-state index in [0.29, 0.717) is 38.3 Å². The highest BCUT2D eigenvalue weighted by Gasteiger charge is 2.31. The van der Waals surface area contributed by atoms with E-state index in [9.17, 15) is 9.59 Å². The fraction of sp³-hybridized carbons (Fsp3) is 0.375. The molecule has 0 aliphatic carbocycles. The molecule has 1 N–H and O–H groups in total. The molecule has 2 atom stereocenters. The van der Waals surface area contributed by atoms with Crippen LogP contribution in [0.5, 0.6) is 11.5 Å². The molecule has 0 saturated heterocycles. The Morgan fingerprint density at radius 3 is 2.37 bits per heavy atom. The molecule has 3 aromatic carbocycles. The van der Waals surface area contributed by atoms with Crippen molar-refractivity contribution in [1.29, 1.82) is 0 Å². The van der Waals surface area contributed by atoms with Crippen LogP contribution in [0, 0.1) is 6.92 Å². The van der Waals surface area contributed by atoms with Gasteiger partial charge < -0.3 is 19.7 Å². The highest BCUT2D eigenvalue weighted by molar-refractivity contribution is 5.88. The van der Waals surface area contributed by atoms with E-state index in [1.165, 1.54) is 0 Å². The minimum atomic E-state index is -0.625. The predicted octanol–water partition coefficient (Wildman–Crippen LogP) is 5.25. The smallest absolute Gasteiger partial charge is 0.243 e. The number of benzene rings is 3. The summed E-state index contributed by atoms with van der Waals surface area (Å²) in [5, 5.41) is 3.13. The average Bonchev–Trinajstić information content (AvgIpc) is 2.94. The van der Waals surface area contributed by atoms with E-state index in [1.807, 2.05) is 87.5 Å². The zero-order valence-electron chi connectivity index (χ0n) is 22.6. The van der Waals surface area contributed by atoms with Gasteiger partial charge in [-0.1, -0.05) is 73.2 Å². The van der Waals surface area contributed by atoms with Gasteiger partial charge in [0, 0.05) is 25.4 Å². The maximum absolute atomic E-state index is 13.9. The number of carbonyl (C=O) groups is 2.